The largest absolute Gasteiger partial charge is 0.488 e. The Morgan fingerprint density at radius 1 is 0.853 bits per heavy atom. The van der Waals surface area contributed by atoms with Crippen LogP contribution in [0.25, 0.3) is 0 Å². The number of ether oxygens (including phenoxy) is 1. The Balaban J connectivity index is 1.43. The molecule has 1 amide bonds. The van der Waals surface area contributed by atoms with Crippen LogP contribution >= 0.6 is 0 Å². The highest BCUT2D eigenvalue weighted by atomic mass is 32.2. The molecule has 34 heavy (non-hydrogen) atoms. The Bertz CT molecular complexity index is 1280. The molecule has 0 atom stereocenters. The molecular weight excluding hydrogens is 452 g/mol. The summed E-state index contributed by atoms with van der Waals surface area (Å²) >= 11 is 0. The minimum atomic E-state index is -3.76. The van der Waals surface area contributed by atoms with Gasteiger partial charge in [0.15, 0.2) is 5.78 Å². The minimum Gasteiger partial charge on any atom is -0.488 e. The summed E-state index contributed by atoms with van der Waals surface area (Å²) in [7, 11) is -3.76. The fraction of sp³-hybridized carbons (Fsp3) is 0.231. The highest BCUT2D eigenvalue weighted by Gasteiger charge is 2.31. The normalized spacial score (nSPS) is 14.6. The molecule has 0 bridgehead atoms. The molecule has 0 N–H and O–H groups in total. The van der Waals surface area contributed by atoms with E-state index in [0.29, 0.717) is 23.5 Å². The maximum atomic E-state index is 13.2. The third-order valence-electron chi connectivity index (χ3n) is 5.76. The number of sulfonamides is 1. The summed E-state index contributed by atoms with van der Waals surface area (Å²) in [6, 6.07) is 22.8. The number of benzene rings is 3. The Morgan fingerprint density at radius 2 is 1.53 bits per heavy atom. The van der Waals surface area contributed by atoms with Crippen molar-refractivity contribution in [3.8, 4) is 5.75 Å². The molecule has 7 nitrogen and oxygen atoms in total. The number of carbonyl (C=O) groups is 2. The van der Waals surface area contributed by atoms with E-state index >= 15 is 0 Å². The van der Waals surface area contributed by atoms with Gasteiger partial charge in [-0.05, 0) is 36.8 Å². The van der Waals surface area contributed by atoms with Gasteiger partial charge in [-0.3, -0.25) is 9.59 Å². The molecule has 0 saturated carbocycles. The van der Waals surface area contributed by atoms with E-state index < -0.39 is 10.0 Å². The molecule has 0 aliphatic carbocycles. The average Bonchev–Trinajstić information content (AvgIpc) is 2.88. The zero-order valence-electron chi connectivity index (χ0n) is 18.9. The van der Waals surface area contributed by atoms with Gasteiger partial charge >= 0.3 is 0 Å². The number of hydrogen-bond acceptors (Lipinski definition) is 5. The summed E-state index contributed by atoms with van der Waals surface area (Å²) in [5.41, 5.74) is 1.79. The first-order valence-electron chi connectivity index (χ1n) is 11.0. The van der Waals surface area contributed by atoms with Gasteiger partial charge in [0.05, 0.1) is 10.5 Å². The van der Waals surface area contributed by atoms with E-state index in [1.165, 1.54) is 23.4 Å². The molecule has 1 aliphatic rings. The molecule has 0 unspecified atom stereocenters. The fourth-order valence-corrected chi connectivity index (χ4v) is 5.30. The lowest BCUT2D eigenvalue weighted by Crippen LogP contribution is -2.50. The molecule has 176 valence electrons. The van der Waals surface area contributed by atoms with E-state index in [0.717, 1.165) is 5.56 Å². The first-order valence-corrected chi connectivity index (χ1v) is 12.5. The quantitative estimate of drug-likeness (QED) is 0.485. The number of para-hydroxylation sites is 1. The van der Waals surface area contributed by atoms with Crippen LogP contribution in [-0.2, 0) is 16.6 Å². The van der Waals surface area contributed by atoms with Crippen molar-refractivity contribution in [3.63, 3.8) is 0 Å². The SMILES string of the molecule is CC(=O)c1cccc(S(=O)(=O)N2CCN(C(=O)c3ccccc3OCc3ccccc3)CC2)c1. The van der Waals surface area contributed by atoms with E-state index in [1.54, 1.807) is 35.2 Å². The number of ketones is 1. The molecule has 0 spiro atoms. The van der Waals surface area contributed by atoms with Crippen LogP contribution in [0.1, 0.15) is 33.2 Å². The van der Waals surface area contributed by atoms with Crippen molar-refractivity contribution in [2.24, 2.45) is 0 Å². The number of amides is 1. The second-order valence-electron chi connectivity index (χ2n) is 8.05. The van der Waals surface area contributed by atoms with E-state index in [2.05, 4.69) is 0 Å². The van der Waals surface area contributed by atoms with Crippen molar-refractivity contribution in [1.82, 2.24) is 9.21 Å². The van der Waals surface area contributed by atoms with Gasteiger partial charge in [-0.2, -0.15) is 4.31 Å². The minimum absolute atomic E-state index is 0.0830. The topological polar surface area (TPSA) is 84.0 Å². The molecule has 1 fully saturated rings. The first-order chi connectivity index (χ1) is 16.4. The standard InChI is InChI=1S/C26H26N2O5S/c1-20(29)22-10-7-11-23(18-22)34(31,32)28-16-14-27(15-17-28)26(30)24-12-5-6-13-25(24)33-19-21-8-3-2-4-9-21/h2-13,18H,14-17,19H2,1H3. The summed E-state index contributed by atoms with van der Waals surface area (Å²) in [4.78, 5) is 26.6. The van der Waals surface area contributed by atoms with E-state index in [-0.39, 0.29) is 42.8 Å². The number of hydrogen-bond donors (Lipinski definition) is 0. The molecule has 0 radical (unpaired) electrons. The Morgan fingerprint density at radius 3 is 2.24 bits per heavy atom. The van der Waals surface area contributed by atoms with Gasteiger partial charge in [0.25, 0.3) is 5.91 Å². The van der Waals surface area contributed by atoms with Crippen molar-refractivity contribution in [3.05, 3.63) is 95.6 Å². The number of piperazine rings is 1. The summed E-state index contributed by atoms with van der Waals surface area (Å²) < 4.78 is 33.4. The third kappa shape index (κ3) is 5.18. The van der Waals surface area contributed by atoms with Crippen LogP contribution in [-0.4, -0.2) is 55.5 Å². The van der Waals surface area contributed by atoms with Crippen molar-refractivity contribution < 1.29 is 22.7 Å². The van der Waals surface area contributed by atoms with E-state index in [1.807, 2.05) is 36.4 Å². The van der Waals surface area contributed by atoms with Crippen LogP contribution in [0.4, 0.5) is 0 Å². The van der Waals surface area contributed by atoms with E-state index in [9.17, 15) is 18.0 Å². The molecule has 8 heteroatoms. The first kappa shape index (κ1) is 23.7. The zero-order chi connectivity index (χ0) is 24.1. The van der Waals surface area contributed by atoms with Crippen LogP contribution < -0.4 is 4.74 Å². The number of rotatable bonds is 7. The lowest BCUT2D eigenvalue weighted by Gasteiger charge is -2.34. The van der Waals surface area contributed by atoms with Gasteiger partial charge in [0.1, 0.15) is 12.4 Å². The van der Waals surface area contributed by atoms with Gasteiger partial charge in [-0.15, -0.1) is 0 Å². The second kappa shape index (κ2) is 10.2. The van der Waals surface area contributed by atoms with Gasteiger partial charge in [-0.25, -0.2) is 8.42 Å². The summed E-state index contributed by atoms with van der Waals surface area (Å²) in [5.74, 6) is 0.104. The van der Waals surface area contributed by atoms with Gasteiger partial charge < -0.3 is 9.64 Å². The lowest BCUT2D eigenvalue weighted by molar-refractivity contribution is 0.0693. The van der Waals surface area contributed by atoms with Gasteiger partial charge in [-0.1, -0.05) is 54.6 Å². The van der Waals surface area contributed by atoms with Gasteiger partial charge in [0, 0.05) is 31.7 Å². The Kier molecular flexibility index (Phi) is 7.09. The van der Waals surface area contributed by atoms with Crippen LogP contribution in [0.15, 0.2) is 83.8 Å². The Labute approximate surface area is 199 Å². The smallest absolute Gasteiger partial charge is 0.257 e. The summed E-state index contributed by atoms with van der Waals surface area (Å²) in [6.45, 7) is 2.61. The highest BCUT2D eigenvalue weighted by molar-refractivity contribution is 7.89. The third-order valence-corrected chi connectivity index (χ3v) is 7.65. The number of nitrogens with zero attached hydrogens (tertiary/aromatic N) is 2. The average molecular weight is 479 g/mol. The van der Waals surface area contributed by atoms with Crippen LogP contribution in [0.5, 0.6) is 5.75 Å². The van der Waals surface area contributed by atoms with Crippen LogP contribution in [0.2, 0.25) is 0 Å². The lowest BCUT2D eigenvalue weighted by atomic mass is 10.1. The van der Waals surface area contributed by atoms with Gasteiger partial charge in [0.2, 0.25) is 10.0 Å². The molecule has 4 rings (SSSR count). The number of Topliss-reactive ketones (excluding diaryl/α,β-unsaturated/α-hetero) is 1. The highest BCUT2D eigenvalue weighted by Crippen LogP contribution is 2.24. The maximum Gasteiger partial charge on any atom is 0.257 e. The molecule has 1 saturated heterocycles. The van der Waals surface area contributed by atoms with Crippen LogP contribution in [0, 0.1) is 0 Å². The summed E-state index contributed by atoms with van der Waals surface area (Å²) in [5, 5.41) is 0. The maximum absolute atomic E-state index is 13.2. The predicted molar refractivity (Wildman–Crippen MR) is 128 cm³/mol. The molecule has 3 aromatic carbocycles. The molecule has 3 aromatic rings. The molecule has 1 heterocycles. The molecule has 0 aromatic heterocycles. The van der Waals surface area contributed by atoms with Crippen molar-refractivity contribution in [2.75, 3.05) is 26.2 Å². The van der Waals surface area contributed by atoms with Crippen molar-refractivity contribution >= 4 is 21.7 Å². The fourth-order valence-electron chi connectivity index (χ4n) is 3.83. The second-order valence-corrected chi connectivity index (χ2v) is 9.99. The predicted octanol–water partition coefficient (Wildman–Crippen LogP) is 3.61. The zero-order valence-corrected chi connectivity index (χ0v) is 19.7. The summed E-state index contributed by atoms with van der Waals surface area (Å²) in [6.07, 6.45) is 0. The van der Waals surface area contributed by atoms with E-state index in [4.69, 9.17) is 4.74 Å². The van der Waals surface area contributed by atoms with Crippen molar-refractivity contribution in [2.45, 2.75) is 18.4 Å². The Hall–Kier alpha value is -3.49. The monoisotopic (exact) mass is 478 g/mol. The number of carbonyl (C=O) groups excluding carboxylic acids is 2. The molecule has 1 aliphatic heterocycles. The molecular formula is C26H26N2O5S. The van der Waals surface area contributed by atoms with Crippen LogP contribution in [0.3, 0.4) is 0 Å². The van der Waals surface area contributed by atoms with Crippen molar-refractivity contribution in [1.29, 1.82) is 0 Å².